The molecule has 2 nitrogen and oxygen atoms in total. The molecule has 0 saturated carbocycles. The van der Waals surface area contributed by atoms with E-state index in [9.17, 15) is 0 Å². The fourth-order valence-electron chi connectivity index (χ4n) is 1.22. The van der Waals surface area contributed by atoms with Gasteiger partial charge in [0.1, 0.15) is 5.75 Å². The lowest BCUT2D eigenvalue weighted by molar-refractivity contribution is 0.416. The number of thiophene rings is 1. The standard InChI is InChI=1S/C11H11NOS2/c1-13-8-4-2-5-9(11(8)12)15-10-6-3-7-14-10/h2-7H,12H2,1H3. The summed E-state index contributed by atoms with van der Waals surface area (Å²) < 4.78 is 6.40. The Morgan fingerprint density at radius 3 is 2.80 bits per heavy atom. The van der Waals surface area contributed by atoms with Gasteiger partial charge >= 0.3 is 0 Å². The Morgan fingerprint density at radius 1 is 1.27 bits per heavy atom. The van der Waals surface area contributed by atoms with Crippen LogP contribution in [0.15, 0.2) is 44.8 Å². The van der Waals surface area contributed by atoms with Crippen molar-refractivity contribution in [3.8, 4) is 5.75 Å². The third-order valence-corrected chi connectivity index (χ3v) is 4.07. The van der Waals surface area contributed by atoms with E-state index < -0.39 is 0 Å². The molecule has 2 N–H and O–H groups in total. The molecule has 0 aliphatic heterocycles. The first-order chi connectivity index (χ1) is 7.31. The molecule has 0 amide bonds. The van der Waals surface area contributed by atoms with Gasteiger partial charge in [-0.3, -0.25) is 0 Å². The molecule has 1 aromatic heterocycles. The van der Waals surface area contributed by atoms with Crippen LogP contribution in [0.25, 0.3) is 0 Å². The van der Waals surface area contributed by atoms with Crippen LogP contribution in [0.3, 0.4) is 0 Å². The lowest BCUT2D eigenvalue weighted by atomic mass is 10.3. The molecule has 0 atom stereocenters. The Labute approximate surface area is 97.1 Å². The van der Waals surface area contributed by atoms with Crippen molar-refractivity contribution in [1.29, 1.82) is 0 Å². The average Bonchev–Trinajstić information content (AvgIpc) is 2.74. The van der Waals surface area contributed by atoms with E-state index in [2.05, 4.69) is 11.4 Å². The summed E-state index contributed by atoms with van der Waals surface area (Å²) in [5.74, 6) is 0.733. The van der Waals surface area contributed by atoms with Crippen LogP contribution in [0.1, 0.15) is 0 Å². The maximum atomic E-state index is 5.97. The van der Waals surface area contributed by atoms with Gasteiger partial charge in [-0.2, -0.15) is 0 Å². The lowest BCUT2D eigenvalue weighted by Gasteiger charge is -2.08. The molecule has 0 bridgehead atoms. The van der Waals surface area contributed by atoms with E-state index in [0.29, 0.717) is 5.69 Å². The van der Waals surface area contributed by atoms with Crippen LogP contribution in [0, 0.1) is 0 Å². The fourth-order valence-corrected chi connectivity index (χ4v) is 3.02. The van der Waals surface area contributed by atoms with Crippen molar-refractivity contribution < 1.29 is 4.74 Å². The largest absolute Gasteiger partial charge is 0.495 e. The van der Waals surface area contributed by atoms with Gasteiger partial charge in [0.05, 0.1) is 17.0 Å². The number of rotatable bonds is 3. The molecule has 78 valence electrons. The molecule has 0 spiro atoms. The minimum Gasteiger partial charge on any atom is -0.495 e. The Morgan fingerprint density at radius 2 is 2.13 bits per heavy atom. The highest BCUT2D eigenvalue weighted by molar-refractivity contribution is 8.01. The SMILES string of the molecule is COc1cccc(Sc2cccs2)c1N. The molecule has 0 saturated heterocycles. The summed E-state index contributed by atoms with van der Waals surface area (Å²) in [4.78, 5) is 1.04. The molecule has 15 heavy (non-hydrogen) atoms. The number of para-hydroxylation sites is 1. The molecule has 0 aliphatic carbocycles. The first-order valence-corrected chi connectivity index (χ1v) is 6.14. The summed E-state index contributed by atoms with van der Waals surface area (Å²) >= 11 is 3.37. The van der Waals surface area contributed by atoms with Gasteiger partial charge in [0, 0.05) is 4.90 Å². The van der Waals surface area contributed by atoms with Gasteiger partial charge in [0.25, 0.3) is 0 Å². The van der Waals surface area contributed by atoms with Crippen molar-refractivity contribution in [2.75, 3.05) is 12.8 Å². The summed E-state index contributed by atoms with van der Waals surface area (Å²) in [6.45, 7) is 0. The number of benzene rings is 1. The number of hydrogen-bond donors (Lipinski definition) is 1. The second-order valence-electron chi connectivity index (χ2n) is 2.91. The number of hydrogen-bond acceptors (Lipinski definition) is 4. The molecule has 0 radical (unpaired) electrons. The third kappa shape index (κ3) is 2.27. The number of nitrogens with two attached hydrogens (primary N) is 1. The van der Waals surface area contributed by atoms with E-state index in [-0.39, 0.29) is 0 Å². The van der Waals surface area contributed by atoms with Crippen LogP contribution >= 0.6 is 23.1 Å². The number of nitrogen functional groups attached to an aromatic ring is 1. The number of methoxy groups -OCH3 is 1. The van der Waals surface area contributed by atoms with E-state index in [1.807, 2.05) is 24.3 Å². The van der Waals surface area contributed by atoms with Gasteiger partial charge in [0.2, 0.25) is 0 Å². The average molecular weight is 237 g/mol. The summed E-state index contributed by atoms with van der Waals surface area (Å²) in [6.07, 6.45) is 0. The van der Waals surface area contributed by atoms with Crippen molar-refractivity contribution >= 4 is 28.8 Å². The summed E-state index contributed by atoms with van der Waals surface area (Å²) in [5.41, 5.74) is 6.68. The van der Waals surface area contributed by atoms with Crippen molar-refractivity contribution in [3.05, 3.63) is 35.7 Å². The van der Waals surface area contributed by atoms with Crippen LogP contribution in [0.4, 0.5) is 5.69 Å². The number of ether oxygens (including phenoxy) is 1. The number of anilines is 1. The molecule has 0 aliphatic rings. The maximum Gasteiger partial charge on any atom is 0.142 e. The van der Waals surface area contributed by atoms with Crippen molar-refractivity contribution in [2.24, 2.45) is 0 Å². The first-order valence-electron chi connectivity index (χ1n) is 4.45. The lowest BCUT2D eigenvalue weighted by Crippen LogP contribution is -1.93. The molecule has 2 aromatic rings. The first kappa shape index (κ1) is 10.4. The Bertz CT molecular complexity index is 440. The summed E-state index contributed by atoms with van der Waals surface area (Å²) in [7, 11) is 1.63. The zero-order valence-corrected chi connectivity index (χ0v) is 9.90. The van der Waals surface area contributed by atoms with Crippen molar-refractivity contribution in [2.45, 2.75) is 9.10 Å². The fraction of sp³-hybridized carbons (Fsp3) is 0.0909. The molecule has 0 fully saturated rings. The zero-order chi connectivity index (χ0) is 10.7. The Kier molecular flexibility index (Phi) is 3.18. The molecular formula is C11H11NOS2. The second kappa shape index (κ2) is 4.59. The highest BCUT2D eigenvalue weighted by Crippen LogP contribution is 2.38. The Hall–Kier alpha value is -1.13. The van der Waals surface area contributed by atoms with Crippen LogP contribution in [-0.4, -0.2) is 7.11 Å². The maximum absolute atomic E-state index is 5.97. The van der Waals surface area contributed by atoms with Crippen molar-refractivity contribution in [1.82, 2.24) is 0 Å². The minimum absolute atomic E-state index is 0.707. The topological polar surface area (TPSA) is 35.2 Å². The smallest absolute Gasteiger partial charge is 0.142 e. The predicted octanol–water partition coefficient (Wildman–Crippen LogP) is 3.49. The highest BCUT2D eigenvalue weighted by Gasteiger charge is 2.06. The highest BCUT2D eigenvalue weighted by atomic mass is 32.2. The van der Waals surface area contributed by atoms with Gasteiger partial charge in [-0.25, -0.2) is 0 Å². The zero-order valence-electron chi connectivity index (χ0n) is 8.27. The van der Waals surface area contributed by atoms with Crippen molar-refractivity contribution in [3.63, 3.8) is 0 Å². The molecule has 1 aromatic carbocycles. The monoisotopic (exact) mass is 237 g/mol. The molecule has 0 unspecified atom stereocenters. The Balaban J connectivity index is 2.29. The predicted molar refractivity (Wildman–Crippen MR) is 65.8 cm³/mol. The van der Waals surface area contributed by atoms with Crippen LogP contribution in [0.5, 0.6) is 5.75 Å². The van der Waals surface area contributed by atoms with Gasteiger partial charge in [0.15, 0.2) is 0 Å². The van der Waals surface area contributed by atoms with Gasteiger partial charge in [-0.05, 0) is 23.6 Å². The molecular weight excluding hydrogens is 226 g/mol. The molecule has 1 heterocycles. The third-order valence-electron chi connectivity index (χ3n) is 1.95. The normalized spacial score (nSPS) is 10.2. The van der Waals surface area contributed by atoms with E-state index in [1.165, 1.54) is 4.21 Å². The minimum atomic E-state index is 0.707. The van der Waals surface area contributed by atoms with E-state index in [1.54, 1.807) is 30.2 Å². The van der Waals surface area contributed by atoms with Crippen LogP contribution < -0.4 is 10.5 Å². The van der Waals surface area contributed by atoms with Crippen LogP contribution in [0.2, 0.25) is 0 Å². The van der Waals surface area contributed by atoms with Gasteiger partial charge in [-0.15, -0.1) is 11.3 Å². The summed E-state index contributed by atoms with van der Waals surface area (Å²) in [5, 5.41) is 2.05. The van der Waals surface area contributed by atoms with Gasteiger partial charge < -0.3 is 10.5 Å². The second-order valence-corrected chi connectivity index (χ2v) is 5.20. The van der Waals surface area contributed by atoms with E-state index in [4.69, 9.17) is 10.5 Å². The van der Waals surface area contributed by atoms with E-state index >= 15 is 0 Å². The summed E-state index contributed by atoms with van der Waals surface area (Å²) in [6, 6.07) is 9.93. The molecule has 4 heteroatoms. The van der Waals surface area contributed by atoms with Crippen LogP contribution in [-0.2, 0) is 0 Å². The quantitative estimate of drug-likeness (QED) is 0.830. The molecule has 2 rings (SSSR count). The van der Waals surface area contributed by atoms with Gasteiger partial charge in [-0.1, -0.05) is 23.9 Å². The van der Waals surface area contributed by atoms with E-state index in [0.717, 1.165) is 10.6 Å².